The van der Waals surface area contributed by atoms with Crippen LogP contribution in [0.5, 0.6) is 11.5 Å². The van der Waals surface area contributed by atoms with Gasteiger partial charge in [0.25, 0.3) is 0 Å². The van der Waals surface area contributed by atoms with Crippen molar-refractivity contribution in [2.75, 3.05) is 7.05 Å². The molecular formula is C15H14N2O4. The number of aromatic hydroxyl groups is 2. The van der Waals surface area contributed by atoms with Crippen LogP contribution in [-0.4, -0.2) is 39.2 Å². The molecule has 0 saturated heterocycles. The van der Waals surface area contributed by atoms with E-state index in [1.807, 2.05) is 0 Å². The van der Waals surface area contributed by atoms with Crippen LogP contribution < -0.4 is 5.84 Å². The Bertz CT molecular complexity index is 796. The van der Waals surface area contributed by atoms with Crippen LogP contribution in [0.15, 0.2) is 30.3 Å². The zero-order valence-corrected chi connectivity index (χ0v) is 11.2. The number of Topliss-reactive ketones (excluding diaryl/α,β-unsaturated/α-hetero) is 1. The zero-order valence-electron chi connectivity index (χ0n) is 11.2. The Morgan fingerprint density at radius 3 is 2.10 bits per heavy atom. The molecule has 5 N–H and O–H groups in total. The first-order valence-corrected chi connectivity index (χ1v) is 6.33. The molecule has 0 fully saturated rings. The van der Waals surface area contributed by atoms with E-state index in [-0.39, 0.29) is 28.4 Å². The van der Waals surface area contributed by atoms with Crippen LogP contribution in [0.25, 0.3) is 16.5 Å². The van der Waals surface area contributed by atoms with Gasteiger partial charge in [-0.1, -0.05) is 24.3 Å². The fraction of sp³-hybridized carbons (Fsp3) is 0.133. The third-order valence-corrected chi connectivity index (χ3v) is 3.69. The van der Waals surface area contributed by atoms with Gasteiger partial charge < -0.3 is 15.3 Å². The number of phenolic OH excluding ortho intramolecular Hbond substituents is 2. The minimum absolute atomic E-state index is 0.0608. The summed E-state index contributed by atoms with van der Waals surface area (Å²) in [5.41, 5.74) is -0.178. The van der Waals surface area contributed by atoms with Gasteiger partial charge in [0.1, 0.15) is 23.3 Å². The molecule has 1 aliphatic carbocycles. The number of likely N-dealkylation sites (N-methyl/N-ethyl adjacent to an activating group) is 1. The summed E-state index contributed by atoms with van der Waals surface area (Å²) < 4.78 is 0. The predicted molar refractivity (Wildman–Crippen MR) is 78.0 cm³/mol. The highest BCUT2D eigenvalue weighted by Crippen LogP contribution is 2.44. The van der Waals surface area contributed by atoms with Gasteiger partial charge >= 0.3 is 0 Å². The van der Waals surface area contributed by atoms with Crippen LogP contribution in [0.4, 0.5) is 0 Å². The number of ketones is 1. The van der Waals surface area contributed by atoms with E-state index in [4.69, 9.17) is 5.84 Å². The molecule has 0 saturated carbocycles. The van der Waals surface area contributed by atoms with Crippen molar-refractivity contribution in [3.8, 4) is 11.5 Å². The molecule has 108 valence electrons. The number of hydrogen-bond acceptors (Lipinski definition) is 6. The van der Waals surface area contributed by atoms with Crippen LogP contribution in [0.3, 0.4) is 0 Å². The van der Waals surface area contributed by atoms with Crippen molar-refractivity contribution in [2.24, 2.45) is 5.84 Å². The minimum atomic E-state index is -0.899. The van der Waals surface area contributed by atoms with E-state index in [0.29, 0.717) is 10.8 Å². The molecule has 0 bridgehead atoms. The van der Waals surface area contributed by atoms with Crippen molar-refractivity contribution in [3.63, 3.8) is 0 Å². The summed E-state index contributed by atoms with van der Waals surface area (Å²) >= 11 is 0. The number of aliphatic hydroxyl groups excluding tert-OH is 1. The fourth-order valence-corrected chi connectivity index (χ4v) is 2.65. The number of nitrogens with zero attached hydrogens (tertiary/aromatic N) is 1. The number of carbonyl (C=O) groups is 1. The van der Waals surface area contributed by atoms with Crippen molar-refractivity contribution < 1.29 is 20.1 Å². The standard InChI is InChI=1S/C15H14N2O4/c1-17(16)9-6-10(18)11-12(15(9)21)14(20)8-5-3-2-4-7(8)13(11)19/h2-6,9,18-20H,16H2,1H3. The van der Waals surface area contributed by atoms with Gasteiger partial charge in [0.15, 0.2) is 5.78 Å². The third-order valence-electron chi connectivity index (χ3n) is 3.69. The Labute approximate surface area is 120 Å². The molecule has 0 heterocycles. The number of hydrazine groups is 1. The van der Waals surface area contributed by atoms with Crippen LogP contribution in [0.1, 0.15) is 15.9 Å². The number of benzene rings is 2. The number of nitrogens with two attached hydrogens (primary N) is 1. The smallest absolute Gasteiger partial charge is 0.189 e. The van der Waals surface area contributed by atoms with Gasteiger partial charge in [-0.2, -0.15) is 0 Å². The molecule has 6 nitrogen and oxygen atoms in total. The summed E-state index contributed by atoms with van der Waals surface area (Å²) in [6, 6.07) is 5.67. The lowest BCUT2D eigenvalue weighted by atomic mass is 9.87. The highest BCUT2D eigenvalue weighted by molar-refractivity contribution is 6.15. The normalized spacial score (nSPS) is 18.0. The number of carbonyl (C=O) groups excluding carboxylic acids is 1. The lowest BCUT2D eigenvalue weighted by Gasteiger charge is -2.26. The number of fused-ring (bicyclic) bond motifs is 2. The van der Waals surface area contributed by atoms with E-state index in [9.17, 15) is 20.1 Å². The van der Waals surface area contributed by atoms with E-state index in [0.717, 1.165) is 5.01 Å². The van der Waals surface area contributed by atoms with Gasteiger partial charge in [0.05, 0.1) is 11.1 Å². The molecule has 0 aromatic heterocycles. The second-order valence-electron chi connectivity index (χ2n) is 5.02. The topological polar surface area (TPSA) is 107 Å². The maximum Gasteiger partial charge on any atom is 0.189 e. The summed E-state index contributed by atoms with van der Waals surface area (Å²) in [4.78, 5) is 12.5. The third kappa shape index (κ3) is 1.77. The molecule has 0 spiro atoms. The lowest BCUT2D eigenvalue weighted by molar-refractivity contribution is 0.0886. The van der Waals surface area contributed by atoms with Crippen molar-refractivity contribution in [2.45, 2.75) is 6.04 Å². The lowest BCUT2D eigenvalue weighted by Crippen LogP contribution is -2.43. The van der Waals surface area contributed by atoms with Crippen molar-refractivity contribution in [3.05, 3.63) is 41.5 Å². The quantitative estimate of drug-likeness (QED) is 0.360. The Kier molecular flexibility index (Phi) is 2.86. The molecule has 1 aliphatic rings. The molecule has 2 aromatic rings. The molecule has 1 atom stereocenters. The maximum atomic E-state index is 12.5. The highest BCUT2D eigenvalue weighted by atomic mass is 16.3. The van der Waals surface area contributed by atoms with E-state index >= 15 is 0 Å². The Morgan fingerprint density at radius 2 is 1.57 bits per heavy atom. The molecule has 0 aliphatic heterocycles. The number of hydrogen-bond donors (Lipinski definition) is 4. The van der Waals surface area contributed by atoms with Crippen molar-refractivity contribution in [1.29, 1.82) is 0 Å². The first-order chi connectivity index (χ1) is 9.93. The molecule has 3 rings (SSSR count). The average Bonchev–Trinajstić information content (AvgIpc) is 2.46. The van der Waals surface area contributed by atoms with E-state index < -0.39 is 11.8 Å². The largest absolute Gasteiger partial charge is 0.507 e. The van der Waals surface area contributed by atoms with E-state index in [1.54, 1.807) is 24.3 Å². The molecule has 2 aromatic carbocycles. The highest BCUT2D eigenvalue weighted by Gasteiger charge is 2.35. The maximum absolute atomic E-state index is 12.5. The average molecular weight is 286 g/mol. The van der Waals surface area contributed by atoms with Gasteiger partial charge in [-0.3, -0.25) is 10.6 Å². The minimum Gasteiger partial charge on any atom is -0.507 e. The molecular weight excluding hydrogens is 272 g/mol. The van der Waals surface area contributed by atoms with Gasteiger partial charge in [0.2, 0.25) is 0 Å². The van der Waals surface area contributed by atoms with Gasteiger partial charge in [-0.25, -0.2) is 5.01 Å². The summed E-state index contributed by atoms with van der Waals surface area (Å²) in [5, 5.41) is 32.7. The summed E-state index contributed by atoms with van der Waals surface area (Å²) in [5.74, 6) is 4.32. The summed E-state index contributed by atoms with van der Waals surface area (Å²) in [6.45, 7) is 0. The molecule has 6 heteroatoms. The van der Waals surface area contributed by atoms with Gasteiger partial charge in [0, 0.05) is 17.8 Å². The van der Waals surface area contributed by atoms with Crippen molar-refractivity contribution in [1.82, 2.24) is 5.01 Å². The van der Waals surface area contributed by atoms with E-state index in [1.165, 1.54) is 13.1 Å². The molecule has 1 unspecified atom stereocenters. The van der Waals surface area contributed by atoms with Crippen molar-refractivity contribution >= 4 is 22.3 Å². The SMILES string of the molecule is CN(N)C1C=C(O)c2c(c(O)c3ccccc3c2O)C1=O. The molecule has 0 radical (unpaired) electrons. The fourth-order valence-electron chi connectivity index (χ4n) is 2.65. The number of rotatable bonds is 1. The van der Waals surface area contributed by atoms with E-state index in [2.05, 4.69) is 0 Å². The second-order valence-corrected chi connectivity index (χ2v) is 5.02. The van der Waals surface area contributed by atoms with Crippen LogP contribution in [-0.2, 0) is 0 Å². The summed E-state index contributed by atoms with van der Waals surface area (Å²) in [7, 11) is 1.48. The Morgan fingerprint density at radius 1 is 1.05 bits per heavy atom. The molecule has 21 heavy (non-hydrogen) atoms. The first-order valence-electron chi connectivity index (χ1n) is 6.33. The monoisotopic (exact) mass is 286 g/mol. The Hall–Kier alpha value is -2.57. The second kappa shape index (κ2) is 4.47. The summed E-state index contributed by atoms with van der Waals surface area (Å²) in [6.07, 6.45) is 1.25. The van der Waals surface area contributed by atoms with Gasteiger partial charge in [-0.15, -0.1) is 0 Å². The van der Waals surface area contributed by atoms with Crippen LogP contribution in [0.2, 0.25) is 0 Å². The number of phenols is 2. The zero-order chi connectivity index (χ0) is 15.3. The predicted octanol–water partition coefficient (Wildman–Crippen LogP) is 1.52. The first kappa shape index (κ1) is 13.4. The Balaban J connectivity index is 2.42. The van der Waals surface area contributed by atoms with Gasteiger partial charge in [-0.05, 0) is 6.08 Å². The van der Waals surface area contributed by atoms with Crippen LogP contribution >= 0.6 is 0 Å². The van der Waals surface area contributed by atoms with Crippen LogP contribution in [0, 0.1) is 0 Å². The molecule has 0 amide bonds. The number of aliphatic hydroxyl groups is 1.